The summed E-state index contributed by atoms with van der Waals surface area (Å²) >= 11 is 0. The quantitative estimate of drug-likeness (QED) is 0.377. The lowest BCUT2D eigenvalue weighted by atomic mass is 9.91. The first-order chi connectivity index (χ1) is 16.7. The second-order valence-electron chi connectivity index (χ2n) is 8.17. The highest BCUT2D eigenvalue weighted by molar-refractivity contribution is 6.35. The highest BCUT2D eigenvalue weighted by Crippen LogP contribution is 2.24. The van der Waals surface area contributed by atoms with E-state index >= 15 is 0 Å². The van der Waals surface area contributed by atoms with Crippen LogP contribution in [-0.2, 0) is 9.59 Å². The van der Waals surface area contributed by atoms with E-state index in [2.05, 4.69) is 10.6 Å². The minimum Gasteiger partial charge on any atom is -0.347 e. The Balaban J connectivity index is 1.41. The monoisotopic (exact) mass is 448 g/mol. The van der Waals surface area contributed by atoms with Crippen molar-refractivity contribution in [3.63, 3.8) is 0 Å². The van der Waals surface area contributed by atoms with Gasteiger partial charge in [0.15, 0.2) is 0 Å². The average molecular weight is 449 g/mol. The molecule has 0 aliphatic carbocycles. The summed E-state index contributed by atoms with van der Waals surface area (Å²) in [5.74, 6) is -1.34. The molecule has 0 saturated heterocycles. The highest BCUT2D eigenvalue weighted by Gasteiger charge is 2.21. The molecular weight excluding hydrogens is 420 g/mol. The molecule has 0 saturated carbocycles. The lowest BCUT2D eigenvalue weighted by Gasteiger charge is -2.20. The Labute approximate surface area is 200 Å². The molecule has 0 aliphatic heterocycles. The number of benzene rings is 4. The predicted octanol–water partition coefficient (Wildman–Crippen LogP) is 4.88. The molecule has 0 atom stereocenters. The normalized spacial score (nSPS) is 10.8. The molecule has 34 heavy (non-hydrogen) atoms. The number of carbonyl (C=O) groups excluding carboxylic acids is 2. The standard InChI is InChI=1S/C30H28N2O2/c33-29(31-21-27(23-13-5-1-6-14-23)24-15-7-2-8-16-24)30(34)32-22-28(25-17-9-3-10-18-25)26-19-11-4-12-20-26/h1-20,27-28H,21-22H2,(H,31,33)(H,32,34). The van der Waals surface area contributed by atoms with E-state index in [4.69, 9.17) is 0 Å². The van der Waals surface area contributed by atoms with Gasteiger partial charge in [-0.25, -0.2) is 0 Å². The van der Waals surface area contributed by atoms with Crippen molar-refractivity contribution in [3.8, 4) is 0 Å². The zero-order chi connectivity index (χ0) is 23.6. The summed E-state index contributed by atoms with van der Waals surface area (Å²) in [6.45, 7) is 0.669. The third-order valence-corrected chi connectivity index (χ3v) is 5.95. The van der Waals surface area contributed by atoms with Gasteiger partial charge in [0, 0.05) is 24.9 Å². The van der Waals surface area contributed by atoms with E-state index in [0.717, 1.165) is 22.3 Å². The second kappa shape index (κ2) is 11.6. The molecule has 4 nitrogen and oxygen atoms in total. The van der Waals surface area contributed by atoms with Gasteiger partial charge in [-0.05, 0) is 22.3 Å². The Morgan fingerprint density at radius 2 is 0.676 bits per heavy atom. The zero-order valence-corrected chi connectivity index (χ0v) is 18.9. The fraction of sp³-hybridized carbons (Fsp3) is 0.133. The average Bonchev–Trinajstić information content (AvgIpc) is 2.91. The summed E-state index contributed by atoms with van der Waals surface area (Å²) in [7, 11) is 0. The minimum absolute atomic E-state index is 0.0412. The van der Waals surface area contributed by atoms with Crippen molar-refractivity contribution >= 4 is 11.8 Å². The number of carbonyl (C=O) groups is 2. The van der Waals surface area contributed by atoms with Crippen LogP contribution >= 0.6 is 0 Å². The Morgan fingerprint density at radius 1 is 0.441 bits per heavy atom. The first-order valence-electron chi connectivity index (χ1n) is 11.5. The fourth-order valence-electron chi connectivity index (χ4n) is 4.15. The number of hydrogen-bond donors (Lipinski definition) is 2. The van der Waals surface area contributed by atoms with E-state index < -0.39 is 11.8 Å². The fourth-order valence-corrected chi connectivity index (χ4v) is 4.15. The molecule has 0 aromatic heterocycles. The van der Waals surface area contributed by atoms with Crippen LogP contribution in [0.4, 0.5) is 0 Å². The van der Waals surface area contributed by atoms with Crippen LogP contribution < -0.4 is 10.6 Å². The van der Waals surface area contributed by atoms with Gasteiger partial charge in [0.1, 0.15) is 0 Å². The minimum atomic E-state index is -0.628. The summed E-state index contributed by atoms with van der Waals surface area (Å²) in [4.78, 5) is 25.3. The largest absolute Gasteiger partial charge is 0.347 e. The highest BCUT2D eigenvalue weighted by atomic mass is 16.2. The number of rotatable bonds is 8. The van der Waals surface area contributed by atoms with Gasteiger partial charge >= 0.3 is 11.8 Å². The molecule has 0 unspecified atom stereocenters. The van der Waals surface area contributed by atoms with E-state index in [1.54, 1.807) is 0 Å². The lowest BCUT2D eigenvalue weighted by molar-refractivity contribution is -0.139. The first-order valence-corrected chi connectivity index (χ1v) is 11.5. The van der Waals surface area contributed by atoms with E-state index in [-0.39, 0.29) is 11.8 Å². The van der Waals surface area contributed by atoms with Crippen molar-refractivity contribution < 1.29 is 9.59 Å². The van der Waals surface area contributed by atoms with Gasteiger partial charge in [-0.15, -0.1) is 0 Å². The van der Waals surface area contributed by atoms with Crippen LogP contribution in [0.3, 0.4) is 0 Å². The van der Waals surface area contributed by atoms with Crippen LogP contribution in [-0.4, -0.2) is 24.9 Å². The molecule has 0 spiro atoms. The molecule has 4 heteroatoms. The predicted molar refractivity (Wildman–Crippen MR) is 135 cm³/mol. The van der Waals surface area contributed by atoms with E-state index in [1.807, 2.05) is 121 Å². The van der Waals surface area contributed by atoms with Crippen LogP contribution in [0.2, 0.25) is 0 Å². The molecule has 0 fully saturated rings. The molecule has 4 aromatic carbocycles. The second-order valence-corrected chi connectivity index (χ2v) is 8.17. The Hall–Kier alpha value is -4.18. The summed E-state index contributed by atoms with van der Waals surface area (Å²) in [6.07, 6.45) is 0. The van der Waals surface area contributed by atoms with E-state index in [0.29, 0.717) is 13.1 Å². The number of hydrogen-bond acceptors (Lipinski definition) is 2. The number of nitrogens with one attached hydrogen (secondary N) is 2. The Morgan fingerprint density at radius 3 is 0.912 bits per heavy atom. The van der Waals surface area contributed by atoms with Crippen LogP contribution in [0.5, 0.6) is 0 Å². The van der Waals surface area contributed by atoms with Crippen molar-refractivity contribution in [3.05, 3.63) is 144 Å². The molecule has 0 heterocycles. The van der Waals surface area contributed by atoms with Crippen molar-refractivity contribution in [2.45, 2.75) is 11.8 Å². The van der Waals surface area contributed by atoms with Gasteiger partial charge in [-0.2, -0.15) is 0 Å². The third kappa shape index (κ3) is 5.99. The molecular formula is C30H28N2O2. The molecule has 4 rings (SSSR count). The van der Waals surface area contributed by atoms with Gasteiger partial charge in [-0.3, -0.25) is 9.59 Å². The molecule has 2 amide bonds. The third-order valence-electron chi connectivity index (χ3n) is 5.95. The van der Waals surface area contributed by atoms with E-state index in [1.165, 1.54) is 0 Å². The molecule has 0 bridgehead atoms. The molecule has 170 valence electrons. The summed E-state index contributed by atoms with van der Waals surface area (Å²) in [5, 5.41) is 5.66. The van der Waals surface area contributed by atoms with Crippen LogP contribution in [0.15, 0.2) is 121 Å². The zero-order valence-electron chi connectivity index (χ0n) is 18.9. The first kappa shape index (κ1) is 23.0. The maximum Gasteiger partial charge on any atom is 0.309 e. The van der Waals surface area contributed by atoms with Crippen molar-refractivity contribution in [2.24, 2.45) is 0 Å². The summed E-state index contributed by atoms with van der Waals surface area (Å²) in [5.41, 5.74) is 4.34. The topological polar surface area (TPSA) is 58.2 Å². The van der Waals surface area contributed by atoms with Crippen LogP contribution in [0, 0.1) is 0 Å². The maximum absolute atomic E-state index is 12.7. The molecule has 2 N–H and O–H groups in total. The van der Waals surface area contributed by atoms with Gasteiger partial charge < -0.3 is 10.6 Å². The number of amides is 2. The van der Waals surface area contributed by atoms with Crippen LogP contribution in [0.25, 0.3) is 0 Å². The SMILES string of the molecule is O=C(NCC(c1ccccc1)c1ccccc1)C(=O)NCC(c1ccccc1)c1ccccc1. The smallest absolute Gasteiger partial charge is 0.309 e. The Bertz CT molecular complexity index is 1000. The van der Waals surface area contributed by atoms with Gasteiger partial charge in [0.2, 0.25) is 0 Å². The summed E-state index contributed by atoms with van der Waals surface area (Å²) in [6, 6.07) is 40.0. The van der Waals surface area contributed by atoms with Crippen molar-refractivity contribution in [2.75, 3.05) is 13.1 Å². The Kier molecular flexibility index (Phi) is 7.86. The van der Waals surface area contributed by atoms with Gasteiger partial charge in [0.05, 0.1) is 0 Å². The van der Waals surface area contributed by atoms with E-state index in [9.17, 15) is 9.59 Å². The molecule has 0 radical (unpaired) electrons. The maximum atomic E-state index is 12.7. The van der Waals surface area contributed by atoms with Crippen molar-refractivity contribution in [1.29, 1.82) is 0 Å². The summed E-state index contributed by atoms with van der Waals surface area (Å²) < 4.78 is 0. The lowest BCUT2D eigenvalue weighted by Crippen LogP contribution is -2.42. The molecule has 0 aliphatic rings. The van der Waals surface area contributed by atoms with Crippen LogP contribution in [0.1, 0.15) is 34.1 Å². The van der Waals surface area contributed by atoms with Crippen molar-refractivity contribution in [1.82, 2.24) is 10.6 Å². The molecule has 4 aromatic rings. The van der Waals surface area contributed by atoms with Gasteiger partial charge in [0.25, 0.3) is 0 Å². The van der Waals surface area contributed by atoms with Gasteiger partial charge in [-0.1, -0.05) is 121 Å².